The van der Waals surface area contributed by atoms with Crippen LogP contribution >= 0.6 is 11.3 Å². The molecule has 0 aliphatic carbocycles. The smallest absolute Gasteiger partial charge is 0.413 e. The second-order valence-electron chi connectivity index (χ2n) is 13.5. The van der Waals surface area contributed by atoms with Gasteiger partial charge in [-0.1, -0.05) is 11.3 Å². The Morgan fingerprint density at radius 3 is 2.62 bits per heavy atom. The van der Waals surface area contributed by atoms with Crippen LogP contribution in [-0.2, 0) is 4.74 Å². The summed E-state index contributed by atoms with van der Waals surface area (Å²) in [4.78, 5) is 34.2. The van der Waals surface area contributed by atoms with Crippen molar-refractivity contribution < 1.29 is 31.8 Å². The van der Waals surface area contributed by atoms with Crippen molar-refractivity contribution >= 4 is 49.5 Å². The van der Waals surface area contributed by atoms with Gasteiger partial charge >= 0.3 is 12.1 Å². The number of ether oxygens (including phenoxy) is 2. The van der Waals surface area contributed by atoms with E-state index in [-0.39, 0.29) is 39.0 Å². The molecule has 250 valence electrons. The monoisotopic (exact) mass is 673 g/mol. The highest BCUT2D eigenvalue weighted by molar-refractivity contribution is 7.22. The average Bonchev–Trinajstić information content (AvgIpc) is 3.68. The van der Waals surface area contributed by atoms with Gasteiger partial charge in [-0.25, -0.2) is 27.3 Å². The van der Waals surface area contributed by atoms with Gasteiger partial charge in [-0.15, -0.1) is 0 Å². The minimum Gasteiger partial charge on any atom is -0.461 e. The van der Waals surface area contributed by atoms with Crippen LogP contribution in [0.2, 0.25) is 0 Å². The third-order valence-electron chi connectivity index (χ3n) is 8.95. The molecule has 0 saturated carbocycles. The lowest BCUT2D eigenvalue weighted by molar-refractivity contribution is 0.0636. The number of aromatic nitrogens is 4. The number of nitrogens with zero attached hydrogens (tertiary/aromatic N) is 6. The number of carbonyl (C=O) groups is 1. The van der Waals surface area contributed by atoms with E-state index in [0.29, 0.717) is 43.3 Å². The maximum Gasteiger partial charge on any atom is 0.413 e. The highest BCUT2D eigenvalue weighted by Gasteiger charge is 2.49. The fraction of sp³-hybridized carbons (Fsp3) is 0.531. The second-order valence-corrected chi connectivity index (χ2v) is 14.5. The molecule has 0 unspecified atom stereocenters. The van der Waals surface area contributed by atoms with Gasteiger partial charge in [-0.3, -0.25) is 15.2 Å². The van der Waals surface area contributed by atoms with Gasteiger partial charge in [0.1, 0.15) is 47.0 Å². The van der Waals surface area contributed by atoms with Crippen molar-refractivity contribution in [2.75, 3.05) is 43.0 Å². The number of hydrogen-bond donors (Lipinski definition) is 1. The molecule has 2 atom stereocenters. The SMILES string of the molecule is CC(C)(C)OC(=O)Nc1nc2c(-c3ncc4c(N5CCCCC5)nc(OC[C@@]56CCCN5C[C@H](F)C6)nc4c3F)c(F)cc(F)c2s1. The third-order valence-corrected chi connectivity index (χ3v) is 9.93. The molecule has 3 aliphatic heterocycles. The van der Waals surface area contributed by atoms with Gasteiger partial charge in [0.05, 0.1) is 26.7 Å². The Morgan fingerprint density at radius 2 is 1.85 bits per heavy atom. The molecular weight excluding hydrogens is 638 g/mol. The summed E-state index contributed by atoms with van der Waals surface area (Å²) in [6.45, 7) is 7.71. The zero-order valence-corrected chi connectivity index (χ0v) is 27.2. The normalized spacial score (nSPS) is 21.9. The van der Waals surface area contributed by atoms with E-state index in [1.807, 2.05) is 4.90 Å². The Bertz CT molecular complexity index is 1860. The number of benzene rings is 1. The predicted molar refractivity (Wildman–Crippen MR) is 170 cm³/mol. The summed E-state index contributed by atoms with van der Waals surface area (Å²) in [7, 11) is 0. The second kappa shape index (κ2) is 12.0. The molecule has 1 N–H and O–H groups in total. The van der Waals surface area contributed by atoms with Crippen molar-refractivity contribution in [1.29, 1.82) is 0 Å². The van der Waals surface area contributed by atoms with Crippen LogP contribution in [0.5, 0.6) is 6.01 Å². The Kier molecular flexibility index (Phi) is 8.10. The minimum atomic E-state index is -1.08. The molecule has 1 aromatic carbocycles. The zero-order chi connectivity index (χ0) is 33.1. The molecule has 3 aromatic heterocycles. The summed E-state index contributed by atoms with van der Waals surface area (Å²) in [6, 6.07) is 0.568. The molecule has 10 nitrogen and oxygen atoms in total. The number of amides is 1. The molecule has 47 heavy (non-hydrogen) atoms. The highest BCUT2D eigenvalue weighted by atomic mass is 32.1. The van der Waals surface area contributed by atoms with Crippen molar-refractivity contribution in [3.8, 4) is 17.3 Å². The van der Waals surface area contributed by atoms with E-state index in [9.17, 15) is 13.6 Å². The molecule has 3 fully saturated rings. The summed E-state index contributed by atoms with van der Waals surface area (Å²) in [5.74, 6) is -2.52. The standard InChI is InChI=1S/C32H35F4N7O3S/c1-31(2,3)46-30(44)41-29-39-25-21(19(34)12-20(35)26(25)47-29)24-22(36)23-18(14-37-24)27(42-9-5-4-6-10-42)40-28(38-23)45-16-32-8-7-11-43(32)15-17(33)13-32/h12,14,17H,4-11,13,15-16H2,1-3H3,(H,39,41,44)/t17-,32+/m1/s1. The Morgan fingerprint density at radius 1 is 1.06 bits per heavy atom. The number of halogens is 4. The number of anilines is 2. The highest BCUT2D eigenvalue weighted by Crippen LogP contribution is 2.42. The van der Waals surface area contributed by atoms with Gasteiger partial charge in [0.15, 0.2) is 10.9 Å². The number of alkyl halides is 1. The maximum atomic E-state index is 16.6. The van der Waals surface area contributed by atoms with Crippen molar-refractivity contribution in [3.63, 3.8) is 0 Å². The van der Waals surface area contributed by atoms with Gasteiger partial charge in [0, 0.05) is 38.3 Å². The zero-order valence-electron chi connectivity index (χ0n) is 26.3. The van der Waals surface area contributed by atoms with Crippen LogP contribution in [0.1, 0.15) is 59.3 Å². The molecule has 4 aromatic rings. The lowest BCUT2D eigenvalue weighted by Crippen LogP contribution is -2.43. The summed E-state index contributed by atoms with van der Waals surface area (Å²) in [6.07, 6.45) is 4.57. The lowest BCUT2D eigenvalue weighted by Gasteiger charge is -2.31. The summed E-state index contributed by atoms with van der Waals surface area (Å²) < 4.78 is 72.8. The van der Waals surface area contributed by atoms with Crippen molar-refractivity contribution in [3.05, 3.63) is 29.7 Å². The van der Waals surface area contributed by atoms with Crippen LogP contribution in [0.3, 0.4) is 0 Å². The lowest BCUT2D eigenvalue weighted by atomic mass is 9.95. The summed E-state index contributed by atoms with van der Waals surface area (Å²) in [5, 5.41) is 2.69. The summed E-state index contributed by atoms with van der Waals surface area (Å²) >= 11 is 0.757. The molecule has 7 rings (SSSR count). The molecule has 3 aliphatic rings. The fourth-order valence-corrected chi connectivity index (χ4v) is 7.80. The number of pyridine rings is 1. The number of carbonyl (C=O) groups excluding carboxylic acids is 1. The maximum absolute atomic E-state index is 16.6. The quantitative estimate of drug-likeness (QED) is 0.217. The van der Waals surface area contributed by atoms with Crippen LogP contribution in [0, 0.1) is 17.5 Å². The first-order chi connectivity index (χ1) is 22.4. The van der Waals surface area contributed by atoms with Crippen LogP contribution in [0.4, 0.5) is 33.3 Å². The first-order valence-electron chi connectivity index (χ1n) is 15.8. The number of hydrogen-bond acceptors (Lipinski definition) is 10. The molecule has 1 amide bonds. The van der Waals surface area contributed by atoms with E-state index in [1.165, 1.54) is 6.20 Å². The number of rotatable bonds is 6. The van der Waals surface area contributed by atoms with Gasteiger partial charge in [0.25, 0.3) is 0 Å². The van der Waals surface area contributed by atoms with Gasteiger partial charge in [-0.2, -0.15) is 9.97 Å². The van der Waals surface area contributed by atoms with Gasteiger partial charge in [-0.05, 0) is 59.4 Å². The van der Waals surface area contributed by atoms with E-state index in [1.54, 1.807) is 20.8 Å². The Labute approximate surface area is 272 Å². The molecule has 0 bridgehead atoms. The first kappa shape index (κ1) is 31.7. The fourth-order valence-electron chi connectivity index (χ4n) is 6.94. The molecule has 15 heteroatoms. The van der Waals surface area contributed by atoms with Crippen molar-refractivity contribution in [2.45, 2.75) is 76.6 Å². The van der Waals surface area contributed by atoms with E-state index < -0.39 is 46.6 Å². The molecular formula is C32H35F4N7O3S. The Balaban J connectivity index is 1.31. The topological polar surface area (TPSA) is 106 Å². The van der Waals surface area contributed by atoms with Crippen LogP contribution in [-0.4, -0.2) is 81.0 Å². The number of thiazole rings is 1. The largest absolute Gasteiger partial charge is 0.461 e. The first-order valence-corrected chi connectivity index (χ1v) is 16.6. The summed E-state index contributed by atoms with van der Waals surface area (Å²) in [5.41, 5.74) is -2.44. The van der Waals surface area contributed by atoms with Crippen LogP contribution in [0.25, 0.3) is 32.4 Å². The third kappa shape index (κ3) is 6.03. The number of nitrogens with one attached hydrogen (secondary N) is 1. The van der Waals surface area contributed by atoms with Crippen molar-refractivity contribution in [1.82, 2.24) is 24.8 Å². The molecule has 3 saturated heterocycles. The van der Waals surface area contributed by atoms with Crippen LogP contribution < -0.4 is 15.0 Å². The van der Waals surface area contributed by atoms with E-state index in [2.05, 4.69) is 30.2 Å². The minimum absolute atomic E-state index is 0.0608. The predicted octanol–water partition coefficient (Wildman–Crippen LogP) is 7.01. The van der Waals surface area contributed by atoms with Crippen molar-refractivity contribution in [2.24, 2.45) is 0 Å². The average molecular weight is 674 g/mol. The van der Waals surface area contributed by atoms with Gasteiger partial charge in [0.2, 0.25) is 0 Å². The molecule has 0 spiro atoms. The van der Waals surface area contributed by atoms with E-state index >= 15 is 8.78 Å². The number of piperidine rings is 1. The number of fused-ring (bicyclic) bond motifs is 3. The van der Waals surface area contributed by atoms with E-state index in [4.69, 9.17) is 9.47 Å². The Hall–Kier alpha value is -3.85. The van der Waals surface area contributed by atoms with Crippen LogP contribution in [0.15, 0.2) is 12.3 Å². The molecule has 0 radical (unpaired) electrons. The van der Waals surface area contributed by atoms with E-state index in [0.717, 1.165) is 50.0 Å². The molecule has 6 heterocycles. The van der Waals surface area contributed by atoms with Gasteiger partial charge < -0.3 is 14.4 Å².